The molecule has 2 aromatic heterocycles. The highest BCUT2D eigenvalue weighted by atomic mass is 32.1. The Hall–Kier alpha value is -2.69. The van der Waals surface area contributed by atoms with Gasteiger partial charge in [-0.3, -0.25) is 10.1 Å². The standard InChI is InChI=1S/C12H5F3N6OS2/c13-12(14,15)10-17-4-8(23-10)9(22)19-11-18-6-2-1-5(20-21-16)3-7(6)24-11/h1-4H,(H,18,19,22). The molecular weight excluding hydrogens is 365 g/mol. The number of azide groups is 1. The van der Waals surface area contributed by atoms with Crippen molar-refractivity contribution in [2.24, 2.45) is 5.11 Å². The number of nitrogens with one attached hydrogen (secondary N) is 1. The van der Waals surface area contributed by atoms with Gasteiger partial charge in [-0.1, -0.05) is 22.5 Å². The lowest BCUT2D eigenvalue weighted by Crippen LogP contribution is -2.09. The van der Waals surface area contributed by atoms with Crippen LogP contribution in [0.2, 0.25) is 0 Å². The number of carbonyl (C=O) groups excluding carboxylic acids is 1. The van der Waals surface area contributed by atoms with Crippen molar-refractivity contribution < 1.29 is 18.0 Å². The molecule has 0 spiro atoms. The number of halogens is 3. The van der Waals surface area contributed by atoms with E-state index in [0.29, 0.717) is 15.9 Å². The van der Waals surface area contributed by atoms with E-state index in [-0.39, 0.29) is 21.3 Å². The van der Waals surface area contributed by atoms with E-state index < -0.39 is 17.1 Å². The second kappa shape index (κ2) is 6.07. The van der Waals surface area contributed by atoms with Crippen LogP contribution in [-0.4, -0.2) is 15.9 Å². The molecule has 0 aliphatic carbocycles. The van der Waals surface area contributed by atoms with Crippen molar-refractivity contribution in [3.63, 3.8) is 0 Å². The Bertz CT molecular complexity index is 973. The minimum absolute atomic E-state index is 0.170. The van der Waals surface area contributed by atoms with Crippen molar-refractivity contribution >= 4 is 49.6 Å². The molecule has 1 amide bonds. The molecule has 0 aliphatic heterocycles. The Kier molecular flexibility index (Phi) is 4.09. The van der Waals surface area contributed by atoms with E-state index in [1.807, 2.05) is 0 Å². The topological polar surface area (TPSA) is 104 Å². The summed E-state index contributed by atoms with van der Waals surface area (Å²) in [7, 11) is 0. The molecule has 0 atom stereocenters. The summed E-state index contributed by atoms with van der Waals surface area (Å²) < 4.78 is 38.2. The highest BCUT2D eigenvalue weighted by molar-refractivity contribution is 7.22. The van der Waals surface area contributed by atoms with Crippen molar-refractivity contribution in [3.8, 4) is 0 Å². The molecule has 3 aromatic rings. The number of rotatable bonds is 3. The third-order valence-electron chi connectivity index (χ3n) is 2.72. The van der Waals surface area contributed by atoms with Crippen LogP contribution in [0.5, 0.6) is 0 Å². The zero-order chi connectivity index (χ0) is 17.3. The maximum absolute atomic E-state index is 12.5. The van der Waals surface area contributed by atoms with Crippen LogP contribution in [0, 0.1) is 0 Å². The van der Waals surface area contributed by atoms with Gasteiger partial charge in [-0.2, -0.15) is 13.2 Å². The summed E-state index contributed by atoms with van der Waals surface area (Å²) in [6.45, 7) is 0. The molecule has 1 aromatic carbocycles. The molecule has 1 N–H and O–H groups in total. The molecule has 2 heterocycles. The van der Waals surface area contributed by atoms with Gasteiger partial charge in [0.2, 0.25) is 0 Å². The van der Waals surface area contributed by atoms with Gasteiger partial charge in [-0.25, -0.2) is 9.97 Å². The van der Waals surface area contributed by atoms with Crippen molar-refractivity contribution in [2.45, 2.75) is 6.18 Å². The second-order valence-electron chi connectivity index (χ2n) is 4.34. The molecule has 0 fully saturated rings. The van der Waals surface area contributed by atoms with Crippen LogP contribution in [0.3, 0.4) is 0 Å². The average molecular weight is 370 g/mol. The number of carbonyl (C=O) groups is 1. The Morgan fingerprint density at radius 1 is 1.33 bits per heavy atom. The molecule has 0 unspecified atom stereocenters. The van der Waals surface area contributed by atoms with Crippen molar-refractivity contribution in [2.75, 3.05) is 5.32 Å². The summed E-state index contributed by atoms with van der Waals surface area (Å²) in [5, 5.41) is 5.02. The zero-order valence-electron chi connectivity index (χ0n) is 11.4. The fourth-order valence-corrected chi connectivity index (χ4v) is 3.32. The first-order chi connectivity index (χ1) is 11.4. The van der Waals surface area contributed by atoms with Gasteiger partial charge in [0, 0.05) is 10.6 Å². The van der Waals surface area contributed by atoms with Gasteiger partial charge in [-0.15, -0.1) is 11.3 Å². The molecule has 0 saturated carbocycles. The fraction of sp³-hybridized carbons (Fsp3) is 0.0833. The van der Waals surface area contributed by atoms with Gasteiger partial charge in [0.25, 0.3) is 5.91 Å². The molecular formula is C12H5F3N6OS2. The smallest absolute Gasteiger partial charge is 0.297 e. The highest BCUT2D eigenvalue weighted by Crippen LogP contribution is 2.33. The minimum atomic E-state index is -4.59. The normalized spacial score (nSPS) is 11.3. The Labute approximate surface area is 139 Å². The first-order valence-corrected chi connectivity index (χ1v) is 7.80. The second-order valence-corrected chi connectivity index (χ2v) is 6.40. The van der Waals surface area contributed by atoms with Crippen LogP contribution in [0.4, 0.5) is 24.0 Å². The molecule has 0 bridgehead atoms. The summed E-state index contributed by atoms with van der Waals surface area (Å²) in [5.41, 5.74) is 9.36. The number of hydrogen-bond donors (Lipinski definition) is 1. The van der Waals surface area contributed by atoms with Crippen molar-refractivity contribution in [1.82, 2.24) is 9.97 Å². The SMILES string of the molecule is [N-]=[N+]=Nc1ccc2nc(NC(=O)c3cnc(C(F)(F)F)s3)sc2c1. The van der Waals surface area contributed by atoms with Crippen LogP contribution < -0.4 is 5.32 Å². The number of amides is 1. The maximum atomic E-state index is 12.5. The predicted octanol–water partition coefficient (Wildman–Crippen LogP) is 4.97. The van der Waals surface area contributed by atoms with E-state index >= 15 is 0 Å². The molecule has 0 saturated heterocycles. The fourth-order valence-electron chi connectivity index (χ4n) is 1.75. The van der Waals surface area contributed by atoms with E-state index in [1.54, 1.807) is 18.2 Å². The van der Waals surface area contributed by atoms with Gasteiger partial charge in [0.15, 0.2) is 10.1 Å². The third kappa shape index (κ3) is 3.30. The molecule has 3 rings (SSSR count). The first kappa shape index (κ1) is 16.2. The Morgan fingerprint density at radius 3 is 2.79 bits per heavy atom. The summed E-state index contributed by atoms with van der Waals surface area (Å²) in [6, 6.07) is 4.77. The van der Waals surface area contributed by atoms with E-state index in [9.17, 15) is 18.0 Å². The monoisotopic (exact) mass is 370 g/mol. The molecule has 24 heavy (non-hydrogen) atoms. The lowest BCUT2D eigenvalue weighted by Gasteiger charge is -1.99. The van der Waals surface area contributed by atoms with Gasteiger partial charge in [0.1, 0.15) is 4.88 Å². The van der Waals surface area contributed by atoms with Gasteiger partial charge in [-0.05, 0) is 17.7 Å². The number of anilines is 1. The van der Waals surface area contributed by atoms with Crippen LogP contribution in [-0.2, 0) is 6.18 Å². The number of benzene rings is 1. The molecule has 0 radical (unpaired) electrons. The van der Waals surface area contributed by atoms with Crippen LogP contribution >= 0.6 is 22.7 Å². The average Bonchev–Trinajstić information content (AvgIpc) is 3.12. The zero-order valence-corrected chi connectivity index (χ0v) is 13.0. The molecule has 122 valence electrons. The van der Waals surface area contributed by atoms with Gasteiger partial charge in [0.05, 0.1) is 16.4 Å². The Morgan fingerprint density at radius 2 is 2.12 bits per heavy atom. The quantitative estimate of drug-likeness (QED) is 0.400. The molecule has 0 aliphatic rings. The summed E-state index contributed by atoms with van der Waals surface area (Å²) >= 11 is 1.36. The number of fused-ring (bicyclic) bond motifs is 1. The number of nitrogens with zero attached hydrogens (tertiary/aromatic N) is 5. The summed E-state index contributed by atoms with van der Waals surface area (Å²) in [4.78, 5) is 21.8. The number of hydrogen-bond acceptors (Lipinski definition) is 6. The lowest BCUT2D eigenvalue weighted by atomic mass is 10.3. The first-order valence-electron chi connectivity index (χ1n) is 6.17. The van der Waals surface area contributed by atoms with E-state index in [4.69, 9.17) is 5.53 Å². The summed E-state index contributed by atoms with van der Waals surface area (Å²) in [6.07, 6.45) is -3.72. The van der Waals surface area contributed by atoms with Crippen LogP contribution in [0.1, 0.15) is 14.7 Å². The number of aromatic nitrogens is 2. The largest absolute Gasteiger partial charge is 0.443 e. The number of alkyl halides is 3. The Balaban J connectivity index is 1.82. The predicted molar refractivity (Wildman–Crippen MR) is 83.5 cm³/mol. The van der Waals surface area contributed by atoms with Crippen molar-refractivity contribution in [1.29, 1.82) is 0 Å². The van der Waals surface area contributed by atoms with Gasteiger partial charge < -0.3 is 0 Å². The van der Waals surface area contributed by atoms with Crippen molar-refractivity contribution in [3.05, 3.63) is 44.7 Å². The van der Waals surface area contributed by atoms with E-state index in [1.165, 1.54) is 0 Å². The van der Waals surface area contributed by atoms with E-state index in [2.05, 4.69) is 25.3 Å². The summed E-state index contributed by atoms with van der Waals surface area (Å²) in [5.74, 6) is -0.725. The lowest BCUT2D eigenvalue weighted by molar-refractivity contribution is -0.137. The van der Waals surface area contributed by atoms with Crippen LogP contribution in [0.25, 0.3) is 20.7 Å². The van der Waals surface area contributed by atoms with Gasteiger partial charge >= 0.3 is 6.18 Å². The minimum Gasteiger partial charge on any atom is -0.297 e. The molecule has 7 nitrogen and oxygen atoms in total. The third-order valence-corrected chi connectivity index (χ3v) is 4.70. The van der Waals surface area contributed by atoms with E-state index in [0.717, 1.165) is 17.5 Å². The highest BCUT2D eigenvalue weighted by Gasteiger charge is 2.35. The van der Waals surface area contributed by atoms with Crippen LogP contribution in [0.15, 0.2) is 29.5 Å². The number of thiazole rings is 2. The maximum Gasteiger partial charge on any atom is 0.443 e. The molecule has 12 heteroatoms.